The lowest BCUT2D eigenvalue weighted by molar-refractivity contribution is -0.160. The van der Waals surface area contributed by atoms with Crippen molar-refractivity contribution in [3.63, 3.8) is 0 Å². The molecule has 2 N–H and O–H groups in total. The molecule has 4 aliphatic rings. The van der Waals surface area contributed by atoms with Crippen molar-refractivity contribution < 1.29 is 22.8 Å². The van der Waals surface area contributed by atoms with Crippen molar-refractivity contribution in [3.8, 4) is 0 Å². The summed E-state index contributed by atoms with van der Waals surface area (Å²) >= 11 is 0. The van der Waals surface area contributed by atoms with Gasteiger partial charge in [0.2, 0.25) is 11.8 Å². The zero-order valence-corrected chi connectivity index (χ0v) is 15.7. The number of nitrogens with one attached hydrogen (secondary N) is 2. The Kier molecular flexibility index (Phi) is 5.24. The van der Waals surface area contributed by atoms with Gasteiger partial charge in [-0.3, -0.25) is 14.5 Å². The number of carbonyl (C=O) groups excluding carboxylic acids is 2. The predicted molar refractivity (Wildman–Crippen MR) is 96.8 cm³/mol. The van der Waals surface area contributed by atoms with Gasteiger partial charge in [0.05, 0.1) is 12.5 Å². The van der Waals surface area contributed by atoms with Crippen LogP contribution in [0.15, 0.2) is 23.9 Å². The summed E-state index contributed by atoms with van der Waals surface area (Å²) in [4.78, 5) is 26.8. The molecular formula is C20H26F3N3O2. The van der Waals surface area contributed by atoms with E-state index in [1.807, 2.05) is 0 Å². The molecule has 1 aliphatic heterocycles. The third kappa shape index (κ3) is 4.11. The van der Waals surface area contributed by atoms with Crippen molar-refractivity contribution in [1.82, 2.24) is 15.5 Å². The van der Waals surface area contributed by atoms with Crippen LogP contribution >= 0.6 is 0 Å². The molecular weight excluding hydrogens is 371 g/mol. The van der Waals surface area contributed by atoms with Gasteiger partial charge < -0.3 is 10.6 Å². The Hall–Kier alpha value is -1.83. The molecule has 5 nitrogen and oxygen atoms in total. The number of likely N-dealkylation sites (tertiary alicyclic amines) is 1. The van der Waals surface area contributed by atoms with E-state index in [2.05, 4.69) is 15.5 Å². The van der Waals surface area contributed by atoms with Gasteiger partial charge in [0, 0.05) is 30.7 Å². The van der Waals surface area contributed by atoms with Crippen LogP contribution in [0.5, 0.6) is 0 Å². The van der Waals surface area contributed by atoms with Crippen molar-refractivity contribution in [1.29, 1.82) is 0 Å². The lowest BCUT2D eigenvalue weighted by Gasteiger charge is -2.26. The number of alkyl halides is 3. The van der Waals surface area contributed by atoms with Gasteiger partial charge in [-0.05, 0) is 43.3 Å². The van der Waals surface area contributed by atoms with Crippen LogP contribution in [0.2, 0.25) is 0 Å². The molecule has 1 saturated heterocycles. The molecule has 0 bridgehead atoms. The first-order valence-electron chi connectivity index (χ1n) is 10.1. The second-order valence-electron chi connectivity index (χ2n) is 8.42. The topological polar surface area (TPSA) is 61.4 Å². The Morgan fingerprint density at radius 3 is 2.46 bits per heavy atom. The second-order valence-corrected chi connectivity index (χ2v) is 8.42. The van der Waals surface area contributed by atoms with E-state index in [0.717, 1.165) is 19.2 Å². The predicted octanol–water partition coefficient (Wildman–Crippen LogP) is 2.36. The van der Waals surface area contributed by atoms with E-state index in [-0.39, 0.29) is 30.5 Å². The van der Waals surface area contributed by atoms with E-state index < -0.39 is 18.0 Å². The van der Waals surface area contributed by atoms with E-state index in [9.17, 15) is 22.8 Å². The van der Waals surface area contributed by atoms with Crippen LogP contribution in [-0.4, -0.2) is 48.6 Å². The van der Waals surface area contributed by atoms with Crippen molar-refractivity contribution in [3.05, 3.63) is 23.9 Å². The van der Waals surface area contributed by atoms with Gasteiger partial charge in [-0.25, -0.2) is 0 Å². The molecule has 1 heterocycles. The number of nitrogens with zero attached hydrogens (tertiary/aromatic N) is 1. The summed E-state index contributed by atoms with van der Waals surface area (Å²) in [6.07, 6.45) is 4.54. The van der Waals surface area contributed by atoms with Crippen LogP contribution in [0.3, 0.4) is 0 Å². The summed E-state index contributed by atoms with van der Waals surface area (Å²) in [5.41, 5.74) is 0.128. The maximum atomic E-state index is 12.8. The highest BCUT2D eigenvalue weighted by Crippen LogP contribution is 2.53. The third-order valence-corrected chi connectivity index (χ3v) is 6.56. The van der Waals surface area contributed by atoms with Crippen LogP contribution in [0.25, 0.3) is 0 Å². The van der Waals surface area contributed by atoms with E-state index in [0.29, 0.717) is 17.9 Å². The SMILES string of the molecule is O=C(CNC(=O)C1[C@H]2CN(C3CCCC3)C[C@@H]12)NC1=CC(C(F)(F)F)CC=C1. The number of hydrogen-bond acceptors (Lipinski definition) is 3. The van der Waals surface area contributed by atoms with Crippen molar-refractivity contribution >= 4 is 11.8 Å². The van der Waals surface area contributed by atoms with E-state index in [4.69, 9.17) is 0 Å². The molecule has 4 atom stereocenters. The summed E-state index contributed by atoms with van der Waals surface area (Å²) in [6, 6.07) is 0.680. The van der Waals surface area contributed by atoms with Crippen LogP contribution in [0, 0.1) is 23.7 Å². The molecule has 0 aromatic rings. The zero-order valence-electron chi connectivity index (χ0n) is 15.7. The molecule has 4 rings (SSSR count). The van der Waals surface area contributed by atoms with Gasteiger partial charge in [-0.1, -0.05) is 18.9 Å². The minimum Gasteiger partial charge on any atom is -0.347 e. The van der Waals surface area contributed by atoms with Crippen LogP contribution in [-0.2, 0) is 9.59 Å². The number of hydrogen-bond donors (Lipinski definition) is 2. The lowest BCUT2D eigenvalue weighted by Crippen LogP contribution is -2.40. The highest BCUT2D eigenvalue weighted by Gasteiger charge is 2.59. The van der Waals surface area contributed by atoms with E-state index in [1.165, 1.54) is 37.8 Å². The largest absolute Gasteiger partial charge is 0.395 e. The van der Waals surface area contributed by atoms with E-state index >= 15 is 0 Å². The standard InChI is InChI=1S/C20H26F3N3O2/c21-20(22,23)12-4-3-5-13(8-12)25-17(27)9-24-19(28)18-15-10-26(11-16(15)18)14-6-1-2-7-14/h3,5,8,12,14-16,18H,1-2,4,6-7,9-11H2,(H,24,28)(H,25,27)/t12?,15-,16+,18?. The van der Waals surface area contributed by atoms with Crippen molar-refractivity contribution in [2.75, 3.05) is 19.6 Å². The summed E-state index contributed by atoms with van der Waals surface area (Å²) in [6.45, 7) is 1.72. The average Bonchev–Trinajstić information content (AvgIpc) is 3.05. The monoisotopic (exact) mass is 397 g/mol. The number of rotatable bonds is 5. The first-order valence-corrected chi connectivity index (χ1v) is 10.1. The molecule has 3 aliphatic carbocycles. The molecule has 3 fully saturated rings. The molecule has 0 aromatic carbocycles. The van der Waals surface area contributed by atoms with Gasteiger partial charge in [-0.15, -0.1) is 0 Å². The molecule has 0 spiro atoms. The second kappa shape index (κ2) is 7.54. The number of allylic oxidation sites excluding steroid dienone is 3. The van der Waals surface area contributed by atoms with E-state index in [1.54, 1.807) is 0 Å². The Bertz CT molecular complexity index is 685. The number of carbonyl (C=O) groups is 2. The molecule has 2 amide bonds. The maximum Gasteiger partial charge on any atom is 0.395 e. The normalized spacial score (nSPS) is 32.8. The molecule has 2 saturated carbocycles. The summed E-state index contributed by atoms with van der Waals surface area (Å²) in [5, 5.41) is 5.09. The molecule has 0 radical (unpaired) electrons. The molecule has 154 valence electrons. The third-order valence-electron chi connectivity index (χ3n) is 6.56. The number of amides is 2. The molecule has 0 aromatic heterocycles. The maximum absolute atomic E-state index is 12.8. The average molecular weight is 397 g/mol. The van der Waals surface area contributed by atoms with Crippen LogP contribution < -0.4 is 10.6 Å². The quantitative estimate of drug-likeness (QED) is 0.749. The van der Waals surface area contributed by atoms with Gasteiger partial charge in [0.25, 0.3) is 0 Å². The number of halogens is 3. The van der Waals surface area contributed by atoms with Crippen LogP contribution in [0.1, 0.15) is 32.1 Å². The first-order chi connectivity index (χ1) is 13.3. The summed E-state index contributed by atoms with van der Waals surface area (Å²) in [5.74, 6) is -1.45. The molecule has 8 heteroatoms. The summed E-state index contributed by atoms with van der Waals surface area (Å²) in [7, 11) is 0. The minimum absolute atomic E-state index is 0.0196. The van der Waals surface area contributed by atoms with Crippen molar-refractivity contribution in [2.24, 2.45) is 23.7 Å². The number of piperidine rings is 1. The van der Waals surface area contributed by atoms with Crippen molar-refractivity contribution in [2.45, 2.75) is 44.3 Å². The molecule has 28 heavy (non-hydrogen) atoms. The highest BCUT2D eigenvalue weighted by atomic mass is 19.4. The Labute approximate surface area is 162 Å². The lowest BCUT2D eigenvalue weighted by atomic mass is 9.98. The van der Waals surface area contributed by atoms with Gasteiger partial charge in [0.15, 0.2) is 0 Å². The first kappa shape index (κ1) is 19.5. The Balaban J connectivity index is 1.19. The number of fused-ring (bicyclic) bond motifs is 1. The fourth-order valence-electron chi connectivity index (χ4n) is 5.00. The van der Waals surface area contributed by atoms with Gasteiger partial charge >= 0.3 is 6.18 Å². The Morgan fingerprint density at radius 1 is 1.14 bits per heavy atom. The smallest absolute Gasteiger partial charge is 0.347 e. The highest BCUT2D eigenvalue weighted by molar-refractivity contribution is 5.88. The van der Waals surface area contributed by atoms with Crippen LogP contribution in [0.4, 0.5) is 13.2 Å². The van der Waals surface area contributed by atoms with Gasteiger partial charge in [0.1, 0.15) is 0 Å². The fourth-order valence-corrected chi connectivity index (χ4v) is 5.00. The molecule has 2 unspecified atom stereocenters. The van der Waals surface area contributed by atoms with Gasteiger partial charge in [-0.2, -0.15) is 13.2 Å². The Morgan fingerprint density at radius 2 is 1.82 bits per heavy atom. The summed E-state index contributed by atoms with van der Waals surface area (Å²) < 4.78 is 38.4. The fraction of sp³-hybridized carbons (Fsp3) is 0.700. The minimum atomic E-state index is -4.33. The zero-order chi connectivity index (χ0) is 19.9.